The number of unbranched alkanes of at least 4 members (excludes halogenated alkanes) is 2. The number of carbonyl (C=O) groups excluding carboxylic acids is 4. The molecule has 0 aliphatic carbocycles. The van der Waals surface area contributed by atoms with E-state index in [2.05, 4.69) is 34.4 Å². The number of likely N-dealkylation sites (tertiary alicyclic amines) is 1. The molecule has 3 amide bonds. The maximum Gasteiger partial charge on any atom is 0.306 e. The Labute approximate surface area is 300 Å². The van der Waals surface area contributed by atoms with Crippen molar-refractivity contribution in [1.29, 1.82) is 0 Å². The Balaban J connectivity index is 1.47. The van der Waals surface area contributed by atoms with Crippen LogP contribution in [0.4, 0.5) is 5.69 Å². The van der Waals surface area contributed by atoms with E-state index in [-0.39, 0.29) is 49.4 Å². The van der Waals surface area contributed by atoms with Gasteiger partial charge in [0, 0.05) is 41.7 Å². The maximum absolute atomic E-state index is 14.7. The first-order valence-electron chi connectivity index (χ1n) is 16.7. The van der Waals surface area contributed by atoms with E-state index in [1.165, 1.54) is 0 Å². The van der Waals surface area contributed by atoms with Crippen LogP contribution in [0.15, 0.2) is 79.9 Å². The van der Waals surface area contributed by atoms with Gasteiger partial charge in [-0.15, -0.1) is 13.2 Å². The number of hydrogen-bond donors (Lipinski definition) is 2. The van der Waals surface area contributed by atoms with Crippen molar-refractivity contribution in [3.63, 3.8) is 0 Å². The predicted octanol–water partition coefficient (Wildman–Crippen LogP) is 5.14. The third-order valence-corrected chi connectivity index (χ3v) is 10.7. The monoisotopic (exact) mass is 755 g/mol. The van der Waals surface area contributed by atoms with Gasteiger partial charge in [0.2, 0.25) is 11.8 Å². The molecule has 2 N–H and O–H groups in total. The summed E-state index contributed by atoms with van der Waals surface area (Å²) < 4.78 is 12.2. The van der Waals surface area contributed by atoms with Crippen molar-refractivity contribution in [3.8, 4) is 0 Å². The highest BCUT2D eigenvalue weighted by atomic mass is 79.9. The number of fused-ring (bicyclic) bond motifs is 1. The summed E-state index contributed by atoms with van der Waals surface area (Å²) in [7, 11) is 0. The van der Waals surface area contributed by atoms with Gasteiger partial charge >= 0.3 is 5.97 Å². The number of nitrogens with zero attached hydrogens (tertiary/aromatic N) is 2. The second-order valence-corrected chi connectivity index (χ2v) is 14.3. The lowest BCUT2D eigenvalue weighted by molar-refractivity contribution is -0.145. The smallest absolute Gasteiger partial charge is 0.306 e. The first-order chi connectivity index (χ1) is 23.7. The Morgan fingerprint density at radius 2 is 1.86 bits per heavy atom. The molecule has 1 unspecified atom stereocenters. The Morgan fingerprint density at radius 1 is 1.12 bits per heavy atom. The quantitative estimate of drug-likeness (QED) is 0.0993. The fourth-order valence-electron chi connectivity index (χ4n) is 7.38. The molecule has 3 saturated heterocycles. The van der Waals surface area contributed by atoms with Crippen molar-refractivity contribution < 1.29 is 33.8 Å². The zero-order valence-electron chi connectivity index (χ0n) is 27.3. The van der Waals surface area contributed by atoms with Gasteiger partial charge in [0.1, 0.15) is 18.2 Å². The van der Waals surface area contributed by atoms with Gasteiger partial charge in [0.05, 0.1) is 24.0 Å². The van der Waals surface area contributed by atoms with Crippen molar-refractivity contribution in [2.75, 3.05) is 31.2 Å². The molecule has 3 fully saturated rings. The molecule has 49 heavy (non-hydrogen) atoms. The molecule has 3 aliphatic heterocycles. The highest BCUT2D eigenvalue weighted by Crippen LogP contribution is 2.60. The lowest BCUT2D eigenvalue weighted by Gasteiger charge is -2.37. The fourth-order valence-corrected chi connectivity index (χ4v) is 8.45. The third kappa shape index (κ3) is 7.65. The van der Waals surface area contributed by atoms with Crippen molar-refractivity contribution >= 4 is 56.9 Å². The standard InChI is InChI=1S/C37H43BrClN3O7/c1-3-5-14-29(44)48-23-28(24-12-8-6-9-13-24)40-34(45)30-31-35(46)42(20-10-7-11-21-43)33(37(31)22-27(38)32(30)49-37)36(47)41(19-4-2)26-17-15-25(39)16-18-26/h3-4,6,8-9,12-13,15-18,27-28,30-33,43H,1-2,5,7,10-11,14,19-23H2,(H,40,45)/t27?,28-,30-,31+,32-,33-,37+/m1/s1. The number of esters is 1. The molecule has 7 atom stereocenters. The molecule has 262 valence electrons. The molecule has 3 aliphatic rings. The number of aliphatic hydroxyl groups excluding tert-OH is 1. The zero-order valence-corrected chi connectivity index (χ0v) is 29.7. The number of hydrogen-bond acceptors (Lipinski definition) is 7. The van der Waals surface area contributed by atoms with Gasteiger partial charge in [0.15, 0.2) is 0 Å². The minimum absolute atomic E-state index is 0.0248. The van der Waals surface area contributed by atoms with E-state index in [9.17, 15) is 24.3 Å². The van der Waals surface area contributed by atoms with Crippen molar-refractivity contribution in [2.24, 2.45) is 11.8 Å². The number of alkyl halides is 1. The largest absolute Gasteiger partial charge is 0.463 e. The average Bonchev–Trinajstić information content (AvgIpc) is 3.70. The topological polar surface area (TPSA) is 125 Å². The van der Waals surface area contributed by atoms with Gasteiger partial charge in [-0.05, 0) is 61.9 Å². The van der Waals surface area contributed by atoms with Crippen LogP contribution in [0.2, 0.25) is 5.02 Å². The summed E-state index contributed by atoms with van der Waals surface area (Å²) in [5.41, 5.74) is 0.0605. The average molecular weight is 757 g/mol. The molecule has 0 saturated carbocycles. The van der Waals surface area contributed by atoms with E-state index in [1.54, 1.807) is 46.2 Å². The van der Waals surface area contributed by atoms with Gasteiger partial charge in [-0.3, -0.25) is 19.2 Å². The van der Waals surface area contributed by atoms with E-state index < -0.39 is 47.5 Å². The van der Waals surface area contributed by atoms with E-state index in [1.807, 2.05) is 30.3 Å². The highest BCUT2D eigenvalue weighted by molar-refractivity contribution is 9.09. The summed E-state index contributed by atoms with van der Waals surface area (Å²) in [6.45, 7) is 7.87. The molecular weight excluding hydrogens is 714 g/mol. The summed E-state index contributed by atoms with van der Waals surface area (Å²) in [5, 5.41) is 12.9. The normalized spacial score (nSPS) is 25.8. The van der Waals surface area contributed by atoms with E-state index >= 15 is 0 Å². The molecule has 2 aromatic rings. The minimum atomic E-state index is -1.27. The number of aliphatic hydroxyl groups is 1. The number of carbonyl (C=O) groups is 4. The SMILES string of the molecule is C=CCCC(=O)OC[C@@H](NC(=O)[C@H]1[C@@H]2O[C@@]3(CC2Br)[C@@H]1C(=O)N(CCCCCO)[C@@H]3C(=O)N(CC=C)c1ccc(Cl)cc1)c1ccccc1. The predicted molar refractivity (Wildman–Crippen MR) is 190 cm³/mol. The summed E-state index contributed by atoms with van der Waals surface area (Å²) in [6.07, 6.45) is 5.37. The van der Waals surface area contributed by atoms with Gasteiger partial charge in [-0.2, -0.15) is 0 Å². The molecule has 0 radical (unpaired) electrons. The molecule has 3 heterocycles. The van der Waals surface area contributed by atoms with Crippen LogP contribution in [0.5, 0.6) is 0 Å². The van der Waals surface area contributed by atoms with Crippen LogP contribution in [-0.2, 0) is 28.7 Å². The van der Waals surface area contributed by atoms with E-state index in [4.69, 9.17) is 21.1 Å². The molecule has 10 nitrogen and oxygen atoms in total. The molecule has 2 aromatic carbocycles. The molecule has 2 bridgehead atoms. The molecular formula is C37H43BrClN3O7. The number of amides is 3. The summed E-state index contributed by atoms with van der Waals surface area (Å²) in [6, 6.07) is 14.4. The molecule has 5 rings (SSSR count). The van der Waals surface area contributed by atoms with Gasteiger partial charge in [-0.1, -0.05) is 70.0 Å². The lowest BCUT2D eigenvalue weighted by Crippen LogP contribution is -2.57. The van der Waals surface area contributed by atoms with Crippen molar-refractivity contribution in [2.45, 2.75) is 67.1 Å². The summed E-state index contributed by atoms with van der Waals surface area (Å²) in [5.74, 6) is -3.30. The van der Waals surface area contributed by atoms with Crippen molar-refractivity contribution in [3.05, 3.63) is 90.5 Å². The second-order valence-electron chi connectivity index (χ2n) is 12.7. The van der Waals surface area contributed by atoms with Crippen LogP contribution < -0.4 is 10.2 Å². The van der Waals surface area contributed by atoms with Crippen LogP contribution in [0.3, 0.4) is 0 Å². The first kappa shape index (κ1) is 36.8. The van der Waals surface area contributed by atoms with Crippen LogP contribution >= 0.6 is 27.5 Å². The summed E-state index contributed by atoms with van der Waals surface area (Å²) >= 11 is 9.89. The van der Waals surface area contributed by atoms with E-state index in [0.29, 0.717) is 42.8 Å². The lowest BCUT2D eigenvalue weighted by atomic mass is 9.70. The number of rotatable bonds is 17. The minimum Gasteiger partial charge on any atom is -0.463 e. The Bertz CT molecular complexity index is 1530. The van der Waals surface area contributed by atoms with Crippen molar-refractivity contribution in [1.82, 2.24) is 10.2 Å². The fraction of sp³-hybridized carbons (Fsp3) is 0.459. The number of nitrogens with one attached hydrogen (secondary N) is 1. The number of benzene rings is 2. The van der Waals surface area contributed by atoms with Crippen LogP contribution in [0.1, 0.15) is 50.1 Å². The number of ether oxygens (including phenoxy) is 2. The van der Waals surface area contributed by atoms with Gasteiger partial charge in [-0.25, -0.2) is 0 Å². The number of anilines is 1. The highest BCUT2D eigenvalue weighted by Gasteiger charge is 2.76. The van der Waals surface area contributed by atoms with Crippen LogP contribution in [0, 0.1) is 11.8 Å². The third-order valence-electron chi connectivity index (χ3n) is 9.58. The van der Waals surface area contributed by atoms with Crippen LogP contribution in [0.25, 0.3) is 0 Å². The maximum atomic E-state index is 14.7. The number of halogens is 2. The molecule has 1 spiro atoms. The number of allylic oxidation sites excluding steroid dienone is 1. The Hall–Kier alpha value is -3.51. The Kier molecular flexibility index (Phi) is 12.4. The van der Waals surface area contributed by atoms with Gasteiger partial charge in [0.25, 0.3) is 5.91 Å². The van der Waals surface area contributed by atoms with E-state index in [0.717, 1.165) is 5.56 Å². The molecule has 0 aromatic heterocycles. The first-order valence-corrected chi connectivity index (χ1v) is 18.0. The second kappa shape index (κ2) is 16.5. The van der Waals surface area contributed by atoms with Gasteiger partial charge < -0.3 is 29.7 Å². The zero-order chi connectivity index (χ0) is 35.1. The molecule has 12 heteroatoms. The summed E-state index contributed by atoms with van der Waals surface area (Å²) in [4.78, 5) is 58.8. The van der Waals surface area contributed by atoms with Crippen LogP contribution in [-0.4, -0.2) is 82.6 Å². The Morgan fingerprint density at radius 3 is 2.53 bits per heavy atom.